The molecular weight excluding hydrogens is 454 g/mol. The number of ether oxygens (including phenoxy) is 1. The van der Waals surface area contributed by atoms with Gasteiger partial charge in [-0.2, -0.15) is 0 Å². The highest BCUT2D eigenvalue weighted by atomic mass is 32.1. The zero-order valence-corrected chi connectivity index (χ0v) is 19.4. The van der Waals surface area contributed by atoms with E-state index in [2.05, 4.69) is 15.6 Å². The van der Waals surface area contributed by atoms with Gasteiger partial charge in [-0.25, -0.2) is 9.78 Å². The smallest absolute Gasteiger partial charge is 0.407 e. The minimum Gasteiger partial charge on any atom is -0.481 e. The predicted octanol–water partition coefficient (Wildman–Crippen LogP) is 4.09. The van der Waals surface area contributed by atoms with Gasteiger partial charge in [0.1, 0.15) is 17.7 Å². The summed E-state index contributed by atoms with van der Waals surface area (Å²) in [5.41, 5.74) is 4.38. The quantitative estimate of drug-likeness (QED) is 0.425. The number of aromatic nitrogens is 1. The van der Waals surface area contributed by atoms with Gasteiger partial charge in [0, 0.05) is 23.9 Å². The Morgan fingerprint density at radius 2 is 1.71 bits per heavy atom. The van der Waals surface area contributed by atoms with E-state index in [0.29, 0.717) is 5.01 Å². The monoisotopic (exact) mass is 479 g/mol. The molecule has 0 saturated carbocycles. The highest BCUT2D eigenvalue weighted by molar-refractivity contribution is 7.09. The number of carbonyl (C=O) groups excluding carboxylic acids is 2. The van der Waals surface area contributed by atoms with Gasteiger partial charge in [-0.15, -0.1) is 11.3 Å². The van der Waals surface area contributed by atoms with Gasteiger partial charge in [0.05, 0.1) is 6.04 Å². The van der Waals surface area contributed by atoms with E-state index in [1.54, 1.807) is 18.5 Å². The van der Waals surface area contributed by atoms with Gasteiger partial charge in [-0.1, -0.05) is 48.5 Å². The predicted molar refractivity (Wildman–Crippen MR) is 128 cm³/mol. The van der Waals surface area contributed by atoms with Crippen LogP contribution in [0.4, 0.5) is 4.79 Å². The molecule has 8 nitrogen and oxygen atoms in total. The first-order valence-electron chi connectivity index (χ1n) is 11.0. The van der Waals surface area contributed by atoms with E-state index in [1.165, 1.54) is 11.3 Å². The van der Waals surface area contributed by atoms with Gasteiger partial charge in [0.15, 0.2) is 0 Å². The minimum absolute atomic E-state index is 0.0596. The van der Waals surface area contributed by atoms with E-state index < -0.39 is 24.0 Å². The summed E-state index contributed by atoms with van der Waals surface area (Å²) >= 11 is 1.40. The Kier molecular flexibility index (Phi) is 7.22. The Morgan fingerprint density at radius 3 is 2.29 bits per heavy atom. The van der Waals surface area contributed by atoms with Crippen LogP contribution in [0.2, 0.25) is 0 Å². The number of rotatable bonds is 9. The molecule has 34 heavy (non-hydrogen) atoms. The molecule has 0 aliphatic heterocycles. The van der Waals surface area contributed by atoms with Crippen molar-refractivity contribution in [3.05, 3.63) is 76.2 Å². The van der Waals surface area contributed by atoms with Crippen LogP contribution >= 0.6 is 11.3 Å². The number of benzene rings is 2. The van der Waals surface area contributed by atoms with Crippen LogP contribution in [0.5, 0.6) is 0 Å². The van der Waals surface area contributed by atoms with Crippen LogP contribution in [0.15, 0.2) is 60.1 Å². The summed E-state index contributed by atoms with van der Waals surface area (Å²) in [6.07, 6.45) is 0.539. The molecule has 3 N–H and O–H groups in total. The third-order valence-corrected chi connectivity index (χ3v) is 6.74. The molecule has 0 saturated heterocycles. The molecule has 0 fully saturated rings. The minimum atomic E-state index is -1.06. The van der Waals surface area contributed by atoms with Crippen molar-refractivity contribution in [3.8, 4) is 11.1 Å². The number of carboxylic acid groups (broad SMARTS) is 1. The third kappa shape index (κ3) is 5.26. The number of fused-ring (bicyclic) bond motifs is 3. The number of aliphatic carboxylic acids is 1. The fourth-order valence-electron chi connectivity index (χ4n) is 4.14. The Hall–Kier alpha value is -3.72. The molecule has 176 valence electrons. The SMILES string of the molecule is CC(NC(=O)C(CCC(=O)O)NC(=O)OCC1c2ccccc2-c2ccccc21)c1nccs1. The van der Waals surface area contributed by atoms with Crippen molar-refractivity contribution in [2.24, 2.45) is 0 Å². The molecule has 1 aromatic heterocycles. The average molecular weight is 480 g/mol. The lowest BCUT2D eigenvalue weighted by Gasteiger charge is -2.21. The van der Waals surface area contributed by atoms with Crippen molar-refractivity contribution in [3.63, 3.8) is 0 Å². The Bertz CT molecular complexity index is 1140. The van der Waals surface area contributed by atoms with E-state index >= 15 is 0 Å². The van der Waals surface area contributed by atoms with Gasteiger partial charge in [0.2, 0.25) is 5.91 Å². The van der Waals surface area contributed by atoms with Crippen molar-refractivity contribution < 1.29 is 24.2 Å². The van der Waals surface area contributed by atoms with Crippen LogP contribution in [-0.2, 0) is 14.3 Å². The second-order valence-corrected chi connectivity index (χ2v) is 8.98. The van der Waals surface area contributed by atoms with Crippen LogP contribution in [0.25, 0.3) is 11.1 Å². The maximum absolute atomic E-state index is 12.8. The first-order valence-corrected chi connectivity index (χ1v) is 11.8. The van der Waals surface area contributed by atoms with Gasteiger partial charge in [-0.05, 0) is 35.6 Å². The number of nitrogens with zero attached hydrogens (tertiary/aromatic N) is 1. The standard InChI is InChI=1S/C25H25N3O5S/c1-15(24-26-12-13-34-24)27-23(31)21(10-11-22(29)30)28-25(32)33-14-20-18-8-4-2-6-16(18)17-7-3-5-9-19(17)20/h2-9,12-13,15,20-21H,10-11,14H2,1H3,(H,27,31)(H,28,32)(H,29,30). The summed E-state index contributed by atoms with van der Waals surface area (Å²) in [7, 11) is 0. The lowest BCUT2D eigenvalue weighted by Crippen LogP contribution is -2.47. The maximum Gasteiger partial charge on any atom is 0.407 e. The molecule has 2 aromatic carbocycles. The van der Waals surface area contributed by atoms with Gasteiger partial charge in [-0.3, -0.25) is 9.59 Å². The Morgan fingerprint density at radius 1 is 1.06 bits per heavy atom. The molecular formula is C25H25N3O5S. The first-order chi connectivity index (χ1) is 16.4. The molecule has 1 aliphatic carbocycles. The molecule has 3 aromatic rings. The van der Waals surface area contributed by atoms with Crippen molar-refractivity contribution >= 4 is 29.3 Å². The van der Waals surface area contributed by atoms with Crippen molar-refractivity contribution in [2.75, 3.05) is 6.61 Å². The van der Waals surface area contributed by atoms with Crippen molar-refractivity contribution in [2.45, 2.75) is 37.8 Å². The summed E-state index contributed by atoms with van der Waals surface area (Å²) in [6.45, 7) is 1.88. The summed E-state index contributed by atoms with van der Waals surface area (Å²) in [5.74, 6) is -1.66. The topological polar surface area (TPSA) is 118 Å². The second-order valence-electron chi connectivity index (χ2n) is 8.06. The summed E-state index contributed by atoms with van der Waals surface area (Å²) in [5, 5.41) is 16.9. The highest BCUT2D eigenvalue weighted by Gasteiger charge is 2.30. The van der Waals surface area contributed by atoms with Gasteiger partial charge < -0.3 is 20.5 Å². The maximum atomic E-state index is 12.8. The number of amides is 2. The first kappa shape index (κ1) is 23.4. The average Bonchev–Trinajstić information content (AvgIpc) is 3.47. The normalized spacial score (nSPS) is 13.9. The lowest BCUT2D eigenvalue weighted by molar-refractivity contribution is -0.137. The van der Waals surface area contributed by atoms with Crippen LogP contribution < -0.4 is 10.6 Å². The summed E-state index contributed by atoms with van der Waals surface area (Å²) < 4.78 is 5.52. The van der Waals surface area contributed by atoms with E-state index in [-0.39, 0.29) is 31.4 Å². The molecule has 1 heterocycles. The van der Waals surface area contributed by atoms with E-state index in [9.17, 15) is 14.4 Å². The Balaban J connectivity index is 1.41. The molecule has 2 amide bonds. The van der Waals surface area contributed by atoms with E-state index in [4.69, 9.17) is 9.84 Å². The fraction of sp³-hybridized carbons (Fsp3) is 0.280. The third-order valence-electron chi connectivity index (χ3n) is 5.78. The molecule has 9 heteroatoms. The number of carbonyl (C=O) groups is 3. The molecule has 4 rings (SSSR count). The molecule has 0 radical (unpaired) electrons. The number of alkyl carbamates (subject to hydrolysis) is 1. The summed E-state index contributed by atoms with van der Waals surface area (Å²) in [4.78, 5) is 40.7. The lowest BCUT2D eigenvalue weighted by atomic mass is 9.98. The van der Waals surface area contributed by atoms with Crippen LogP contribution in [-0.4, -0.2) is 40.7 Å². The number of hydrogen-bond donors (Lipinski definition) is 3. The molecule has 2 atom stereocenters. The van der Waals surface area contributed by atoms with E-state index in [1.807, 2.05) is 48.5 Å². The zero-order chi connectivity index (χ0) is 24.1. The molecule has 1 aliphatic rings. The molecule has 0 bridgehead atoms. The van der Waals surface area contributed by atoms with Gasteiger partial charge in [0.25, 0.3) is 0 Å². The number of hydrogen-bond acceptors (Lipinski definition) is 6. The fourth-order valence-corrected chi connectivity index (χ4v) is 4.79. The van der Waals surface area contributed by atoms with Crippen LogP contribution in [0, 0.1) is 0 Å². The molecule has 2 unspecified atom stereocenters. The van der Waals surface area contributed by atoms with Crippen LogP contribution in [0.3, 0.4) is 0 Å². The highest BCUT2D eigenvalue weighted by Crippen LogP contribution is 2.44. The van der Waals surface area contributed by atoms with Crippen LogP contribution in [0.1, 0.15) is 47.9 Å². The number of thiazole rings is 1. The van der Waals surface area contributed by atoms with Gasteiger partial charge >= 0.3 is 12.1 Å². The summed E-state index contributed by atoms with van der Waals surface area (Å²) in [6, 6.07) is 14.6. The van der Waals surface area contributed by atoms with Crippen molar-refractivity contribution in [1.29, 1.82) is 0 Å². The largest absolute Gasteiger partial charge is 0.481 e. The second kappa shape index (κ2) is 10.5. The molecule has 0 spiro atoms. The number of carboxylic acids is 1. The van der Waals surface area contributed by atoms with E-state index in [0.717, 1.165) is 22.3 Å². The Labute approximate surface area is 201 Å². The van der Waals surface area contributed by atoms with Crippen molar-refractivity contribution in [1.82, 2.24) is 15.6 Å². The zero-order valence-electron chi connectivity index (χ0n) is 18.6. The number of nitrogens with one attached hydrogen (secondary N) is 2.